The molecule has 1 aromatic carbocycles. The second kappa shape index (κ2) is 5.42. The van der Waals surface area contributed by atoms with Crippen LogP contribution >= 0.6 is 22.9 Å². The quantitative estimate of drug-likeness (QED) is 0.903. The van der Waals surface area contributed by atoms with Crippen LogP contribution in [0.4, 0.5) is 0 Å². The molecule has 3 nitrogen and oxygen atoms in total. The van der Waals surface area contributed by atoms with Crippen LogP contribution in [0, 0.1) is 0 Å². The summed E-state index contributed by atoms with van der Waals surface area (Å²) in [5.41, 5.74) is 0.186. The summed E-state index contributed by atoms with van der Waals surface area (Å²) in [7, 11) is 0. The molecule has 2 N–H and O–H groups in total. The first-order chi connectivity index (χ1) is 8.58. The fourth-order valence-electron chi connectivity index (χ4n) is 1.57. The van der Waals surface area contributed by atoms with Gasteiger partial charge in [-0.05, 0) is 36.6 Å². The molecule has 2 aromatic rings. The van der Waals surface area contributed by atoms with Crippen LogP contribution in [0.5, 0.6) is 5.75 Å². The minimum absolute atomic E-state index is 0.0738. The molecule has 0 aliphatic rings. The number of carbonyl (C=O) groups excluding carboxylic acids is 1. The molecule has 0 aliphatic heterocycles. The summed E-state index contributed by atoms with van der Waals surface area (Å²) >= 11 is 7.38. The van der Waals surface area contributed by atoms with Crippen LogP contribution < -0.4 is 5.32 Å². The molecule has 0 saturated carbocycles. The highest BCUT2D eigenvalue weighted by molar-refractivity contribution is 7.10. The van der Waals surface area contributed by atoms with Crippen LogP contribution in [0.15, 0.2) is 35.7 Å². The maximum Gasteiger partial charge on any atom is 0.255 e. The van der Waals surface area contributed by atoms with Gasteiger partial charge in [0.1, 0.15) is 5.75 Å². The number of benzene rings is 1. The number of carbonyl (C=O) groups is 1. The molecule has 2 rings (SSSR count). The third-order valence-corrected chi connectivity index (χ3v) is 3.81. The molecule has 0 spiro atoms. The molecule has 0 fully saturated rings. The number of nitrogens with one attached hydrogen (secondary N) is 1. The smallest absolute Gasteiger partial charge is 0.255 e. The molecule has 1 heterocycles. The summed E-state index contributed by atoms with van der Waals surface area (Å²) in [6.07, 6.45) is 0. The average molecular weight is 282 g/mol. The summed E-state index contributed by atoms with van der Waals surface area (Å²) in [5, 5.41) is 14.8. The Balaban J connectivity index is 2.15. The molecule has 18 heavy (non-hydrogen) atoms. The highest BCUT2D eigenvalue weighted by atomic mass is 35.5. The summed E-state index contributed by atoms with van der Waals surface area (Å²) in [4.78, 5) is 13.1. The monoisotopic (exact) mass is 281 g/mol. The third kappa shape index (κ3) is 2.83. The van der Waals surface area contributed by atoms with E-state index >= 15 is 0 Å². The Morgan fingerprint density at radius 3 is 2.89 bits per heavy atom. The zero-order valence-corrected chi connectivity index (χ0v) is 11.3. The van der Waals surface area contributed by atoms with Crippen molar-refractivity contribution in [3.63, 3.8) is 0 Å². The van der Waals surface area contributed by atoms with Crippen LogP contribution in [0.2, 0.25) is 5.02 Å². The van der Waals surface area contributed by atoms with E-state index in [1.807, 2.05) is 24.4 Å². The maximum atomic E-state index is 12.0. The summed E-state index contributed by atoms with van der Waals surface area (Å²) in [5.74, 6) is -0.411. The van der Waals surface area contributed by atoms with Gasteiger partial charge in [0, 0.05) is 9.90 Å². The van der Waals surface area contributed by atoms with Gasteiger partial charge < -0.3 is 10.4 Å². The van der Waals surface area contributed by atoms with Crippen molar-refractivity contribution in [1.29, 1.82) is 0 Å². The number of hydrogen-bond donors (Lipinski definition) is 2. The Morgan fingerprint density at radius 1 is 1.44 bits per heavy atom. The topological polar surface area (TPSA) is 49.3 Å². The van der Waals surface area contributed by atoms with E-state index in [9.17, 15) is 9.90 Å². The van der Waals surface area contributed by atoms with E-state index < -0.39 is 0 Å². The first-order valence-corrected chi connectivity index (χ1v) is 6.66. The SMILES string of the molecule is C[C@@H](NC(=O)c1cc(Cl)ccc1O)c1cccs1. The maximum absolute atomic E-state index is 12.0. The van der Waals surface area contributed by atoms with Crippen LogP contribution in [0.3, 0.4) is 0 Å². The molecule has 0 saturated heterocycles. The Hall–Kier alpha value is -1.52. The lowest BCUT2D eigenvalue weighted by molar-refractivity contribution is 0.0938. The van der Waals surface area contributed by atoms with Gasteiger partial charge in [-0.25, -0.2) is 0 Å². The Kier molecular flexibility index (Phi) is 3.89. The molecular weight excluding hydrogens is 270 g/mol. The van der Waals surface area contributed by atoms with E-state index in [2.05, 4.69) is 5.32 Å². The van der Waals surface area contributed by atoms with Gasteiger partial charge in [0.25, 0.3) is 5.91 Å². The fraction of sp³-hybridized carbons (Fsp3) is 0.154. The van der Waals surface area contributed by atoms with Crippen molar-refractivity contribution >= 4 is 28.8 Å². The number of rotatable bonds is 3. The van der Waals surface area contributed by atoms with Gasteiger partial charge in [-0.2, -0.15) is 0 Å². The van der Waals surface area contributed by atoms with Gasteiger partial charge in [-0.3, -0.25) is 4.79 Å². The molecule has 94 valence electrons. The van der Waals surface area contributed by atoms with E-state index in [1.54, 1.807) is 11.3 Å². The first kappa shape index (κ1) is 12.9. The van der Waals surface area contributed by atoms with Crippen LogP contribution in [0.1, 0.15) is 28.2 Å². The van der Waals surface area contributed by atoms with E-state index in [1.165, 1.54) is 18.2 Å². The Morgan fingerprint density at radius 2 is 2.22 bits per heavy atom. The predicted molar refractivity (Wildman–Crippen MR) is 73.3 cm³/mol. The van der Waals surface area contributed by atoms with Crippen molar-refractivity contribution in [2.45, 2.75) is 13.0 Å². The fourth-order valence-corrected chi connectivity index (χ4v) is 2.48. The second-order valence-electron chi connectivity index (χ2n) is 3.87. The molecule has 0 bridgehead atoms. The summed E-state index contributed by atoms with van der Waals surface area (Å²) < 4.78 is 0. The lowest BCUT2D eigenvalue weighted by atomic mass is 10.1. The lowest BCUT2D eigenvalue weighted by Crippen LogP contribution is -2.26. The summed E-state index contributed by atoms with van der Waals surface area (Å²) in [6.45, 7) is 1.89. The number of hydrogen-bond acceptors (Lipinski definition) is 3. The normalized spacial score (nSPS) is 12.1. The Bertz CT molecular complexity index is 554. The van der Waals surface area contributed by atoms with Gasteiger partial charge in [0.15, 0.2) is 0 Å². The highest BCUT2D eigenvalue weighted by Crippen LogP contribution is 2.23. The van der Waals surface area contributed by atoms with Gasteiger partial charge in [-0.1, -0.05) is 17.7 Å². The molecule has 0 radical (unpaired) electrons. The molecule has 5 heteroatoms. The first-order valence-electron chi connectivity index (χ1n) is 5.40. The van der Waals surface area contributed by atoms with Crippen LogP contribution in [0.25, 0.3) is 0 Å². The zero-order valence-electron chi connectivity index (χ0n) is 9.68. The number of phenols is 1. The van der Waals surface area contributed by atoms with E-state index in [4.69, 9.17) is 11.6 Å². The molecule has 1 amide bonds. The molecule has 1 atom stereocenters. The Labute approximate surface area is 114 Å². The minimum atomic E-state index is -0.337. The van der Waals surface area contributed by atoms with E-state index in [0.29, 0.717) is 5.02 Å². The number of phenolic OH excluding ortho intramolecular Hbond substituents is 1. The highest BCUT2D eigenvalue weighted by Gasteiger charge is 2.15. The number of thiophene rings is 1. The zero-order chi connectivity index (χ0) is 13.1. The molecule has 0 aliphatic carbocycles. The van der Waals surface area contributed by atoms with Crippen molar-refractivity contribution in [2.24, 2.45) is 0 Å². The van der Waals surface area contributed by atoms with Crippen molar-refractivity contribution in [3.05, 3.63) is 51.2 Å². The van der Waals surface area contributed by atoms with Crippen LogP contribution in [-0.2, 0) is 0 Å². The molecular formula is C13H12ClNO2S. The standard InChI is InChI=1S/C13H12ClNO2S/c1-8(12-3-2-6-18-12)15-13(17)10-7-9(14)4-5-11(10)16/h2-8,16H,1H3,(H,15,17)/t8-/m1/s1. The van der Waals surface area contributed by atoms with E-state index in [-0.39, 0.29) is 23.3 Å². The van der Waals surface area contributed by atoms with E-state index in [0.717, 1.165) is 4.88 Å². The lowest BCUT2D eigenvalue weighted by Gasteiger charge is -2.13. The van der Waals surface area contributed by atoms with Crippen molar-refractivity contribution in [1.82, 2.24) is 5.32 Å². The van der Waals surface area contributed by atoms with Crippen molar-refractivity contribution in [3.8, 4) is 5.75 Å². The van der Waals surface area contributed by atoms with Crippen molar-refractivity contribution < 1.29 is 9.90 Å². The number of aromatic hydroxyl groups is 1. The van der Waals surface area contributed by atoms with Gasteiger partial charge in [-0.15, -0.1) is 11.3 Å². The second-order valence-corrected chi connectivity index (χ2v) is 5.29. The largest absolute Gasteiger partial charge is 0.507 e. The average Bonchev–Trinajstić information content (AvgIpc) is 2.85. The minimum Gasteiger partial charge on any atom is -0.507 e. The number of halogens is 1. The predicted octanol–water partition coefficient (Wildman–Crippen LogP) is 3.60. The van der Waals surface area contributed by atoms with Crippen molar-refractivity contribution in [2.75, 3.05) is 0 Å². The van der Waals surface area contributed by atoms with Gasteiger partial charge in [0.2, 0.25) is 0 Å². The number of amides is 1. The van der Waals surface area contributed by atoms with Crippen LogP contribution in [-0.4, -0.2) is 11.0 Å². The summed E-state index contributed by atoms with van der Waals surface area (Å²) in [6, 6.07) is 8.18. The van der Waals surface area contributed by atoms with Gasteiger partial charge >= 0.3 is 0 Å². The van der Waals surface area contributed by atoms with Gasteiger partial charge in [0.05, 0.1) is 11.6 Å². The molecule has 1 aromatic heterocycles. The molecule has 0 unspecified atom stereocenters. The third-order valence-electron chi connectivity index (χ3n) is 2.52.